The van der Waals surface area contributed by atoms with Crippen molar-refractivity contribution in [2.24, 2.45) is 0 Å². The Morgan fingerprint density at radius 2 is 1.06 bits per heavy atom. The lowest BCUT2D eigenvalue weighted by molar-refractivity contribution is 0.720. The summed E-state index contributed by atoms with van der Waals surface area (Å²) >= 11 is 0. The molecule has 0 fully saturated rings. The number of unbranched alkanes of at least 4 members (excludes halogenated alkanes) is 4. The third-order valence-electron chi connectivity index (χ3n) is 2.78. The molecule has 0 aliphatic heterocycles. The van der Waals surface area contributed by atoms with Crippen molar-refractivity contribution in [2.75, 3.05) is 0 Å². The molecule has 18 heavy (non-hydrogen) atoms. The first-order valence-electron chi connectivity index (χ1n) is 7.22. The normalized spacial score (nSPS) is 9.00. The van der Waals surface area contributed by atoms with E-state index >= 15 is 0 Å². The van der Waals surface area contributed by atoms with Crippen molar-refractivity contribution in [2.45, 2.75) is 65.2 Å². The average Bonchev–Trinajstić information content (AvgIpc) is 2.39. The van der Waals surface area contributed by atoms with E-state index in [4.69, 9.17) is 0 Å². The van der Waals surface area contributed by atoms with Crippen LogP contribution in [0.3, 0.4) is 0 Å². The molecule has 0 spiro atoms. The quantitative estimate of drug-likeness (QED) is 0.301. The molecule has 0 unspecified atom stereocenters. The fourth-order valence-electron chi connectivity index (χ4n) is 1.41. The van der Waals surface area contributed by atoms with Crippen LogP contribution >= 0.6 is 0 Å². The Bertz CT molecular complexity index is 206. The number of rotatable bonds is 10. The topological polar surface area (TPSA) is 0 Å². The van der Waals surface area contributed by atoms with Crippen molar-refractivity contribution in [1.29, 1.82) is 0 Å². The molecule has 104 valence electrons. The first-order chi connectivity index (χ1) is 8.62. The van der Waals surface area contributed by atoms with Crippen LogP contribution in [0.25, 0.3) is 0 Å². The molecule has 0 aromatic heterocycles. The first-order valence-corrected chi connectivity index (χ1v) is 7.22. The van der Waals surface area contributed by atoms with Crippen LogP contribution in [0.5, 0.6) is 0 Å². The molecular weight excluding hydrogens is 216 g/mol. The molecule has 0 saturated heterocycles. The average molecular weight is 248 g/mol. The predicted molar refractivity (Wildman–Crippen MR) is 87.0 cm³/mol. The van der Waals surface area contributed by atoms with Crippen LogP contribution in [0.4, 0.5) is 0 Å². The lowest BCUT2D eigenvalue weighted by Gasteiger charge is -1.96. The van der Waals surface area contributed by atoms with Gasteiger partial charge in [-0.1, -0.05) is 89.1 Å². The zero-order valence-corrected chi connectivity index (χ0v) is 12.6. The molecule has 0 rings (SSSR count). The third kappa shape index (κ3) is 17.4. The number of hydrogen-bond donors (Lipinski definition) is 0. The molecule has 0 saturated carbocycles. The SMILES string of the molecule is C=CC(=C)CCCCC.C=CC(=C)CCCCC. The van der Waals surface area contributed by atoms with Gasteiger partial charge < -0.3 is 0 Å². The monoisotopic (exact) mass is 248 g/mol. The molecule has 0 heterocycles. The maximum atomic E-state index is 3.83. The summed E-state index contributed by atoms with van der Waals surface area (Å²) in [5, 5.41) is 0. The summed E-state index contributed by atoms with van der Waals surface area (Å²) in [5.41, 5.74) is 2.34. The van der Waals surface area contributed by atoms with E-state index in [1.165, 1.54) is 49.7 Å². The predicted octanol–water partition coefficient (Wildman–Crippen LogP) is 6.62. The Labute approximate surface area is 115 Å². The van der Waals surface area contributed by atoms with Crippen molar-refractivity contribution in [3.63, 3.8) is 0 Å². The highest BCUT2D eigenvalue weighted by molar-refractivity contribution is 5.10. The van der Waals surface area contributed by atoms with E-state index in [1.54, 1.807) is 0 Å². The molecule has 0 aliphatic rings. The minimum atomic E-state index is 1.12. The van der Waals surface area contributed by atoms with Crippen molar-refractivity contribution < 1.29 is 0 Å². The second kappa shape index (κ2) is 16.0. The van der Waals surface area contributed by atoms with E-state index in [-0.39, 0.29) is 0 Å². The molecule has 0 aromatic rings. The van der Waals surface area contributed by atoms with E-state index in [0.717, 1.165) is 12.8 Å². The first kappa shape index (κ1) is 19.3. The zero-order valence-electron chi connectivity index (χ0n) is 12.6. The van der Waals surface area contributed by atoms with Crippen LogP contribution < -0.4 is 0 Å². The Morgan fingerprint density at radius 1 is 0.722 bits per heavy atom. The Morgan fingerprint density at radius 3 is 1.28 bits per heavy atom. The van der Waals surface area contributed by atoms with Crippen molar-refractivity contribution in [3.8, 4) is 0 Å². The smallest absolute Gasteiger partial charge is 0.0285 e. The summed E-state index contributed by atoms with van der Waals surface area (Å²) in [5.74, 6) is 0. The van der Waals surface area contributed by atoms with Gasteiger partial charge in [-0.25, -0.2) is 0 Å². The van der Waals surface area contributed by atoms with E-state index < -0.39 is 0 Å². The van der Waals surface area contributed by atoms with Crippen LogP contribution in [0.15, 0.2) is 49.6 Å². The third-order valence-corrected chi connectivity index (χ3v) is 2.78. The second-order valence-corrected chi connectivity index (χ2v) is 4.64. The number of hydrogen-bond acceptors (Lipinski definition) is 0. The summed E-state index contributed by atoms with van der Waals surface area (Å²) < 4.78 is 0. The van der Waals surface area contributed by atoms with Gasteiger partial charge >= 0.3 is 0 Å². The molecular formula is C18H32. The summed E-state index contributed by atoms with van der Waals surface area (Å²) in [6.07, 6.45) is 13.7. The Hall–Kier alpha value is -1.04. The van der Waals surface area contributed by atoms with Crippen LogP contribution in [0, 0.1) is 0 Å². The molecule has 0 atom stereocenters. The standard InChI is InChI=1S/2C9H16/c2*1-4-6-7-8-9(3)5-2/h2*5H,2-4,6-8H2,1H3. The van der Waals surface area contributed by atoms with Gasteiger partial charge in [-0.15, -0.1) is 0 Å². The van der Waals surface area contributed by atoms with Crippen molar-refractivity contribution in [3.05, 3.63) is 49.6 Å². The highest BCUT2D eigenvalue weighted by Gasteiger charge is 1.87. The summed E-state index contributed by atoms with van der Waals surface area (Å²) in [4.78, 5) is 0. The van der Waals surface area contributed by atoms with Crippen molar-refractivity contribution in [1.82, 2.24) is 0 Å². The van der Waals surface area contributed by atoms with E-state index in [2.05, 4.69) is 40.2 Å². The summed E-state index contributed by atoms with van der Waals surface area (Å²) in [6.45, 7) is 19.3. The molecule has 0 bridgehead atoms. The van der Waals surface area contributed by atoms with Gasteiger partial charge in [-0.05, 0) is 25.7 Å². The molecule has 0 nitrogen and oxygen atoms in total. The molecule has 0 amide bonds. The van der Waals surface area contributed by atoms with Gasteiger partial charge in [0, 0.05) is 0 Å². The van der Waals surface area contributed by atoms with Gasteiger partial charge in [0.15, 0.2) is 0 Å². The lowest BCUT2D eigenvalue weighted by atomic mass is 10.1. The fraction of sp³-hybridized carbons (Fsp3) is 0.556. The summed E-state index contributed by atoms with van der Waals surface area (Å²) in [6, 6.07) is 0. The van der Waals surface area contributed by atoms with E-state index in [9.17, 15) is 0 Å². The van der Waals surface area contributed by atoms with Crippen LogP contribution in [0.1, 0.15) is 65.2 Å². The van der Waals surface area contributed by atoms with Gasteiger partial charge in [0.25, 0.3) is 0 Å². The lowest BCUT2D eigenvalue weighted by Crippen LogP contribution is -1.76. The van der Waals surface area contributed by atoms with E-state index in [0.29, 0.717) is 0 Å². The van der Waals surface area contributed by atoms with E-state index in [1.807, 2.05) is 12.2 Å². The van der Waals surface area contributed by atoms with Crippen molar-refractivity contribution >= 4 is 0 Å². The minimum absolute atomic E-state index is 1.12. The molecule has 0 heteroatoms. The molecule has 0 radical (unpaired) electrons. The minimum Gasteiger partial charge on any atom is -0.0988 e. The largest absolute Gasteiger partial charge is 0.0988 e. The molecule has 0 aliphatic carbocycles. The Kier molecular flexibility index (Phi) is 17.1. The van der Waals surface area contributed by atoms with Gasteiger partial charge in [-0.3, -0.25) is 0 Å². The molecule has 0 aromatic carbocycles. The highest BCUT2D eigenvalue weighted by Crippen LogP contribution is 2.07. The zero-order chi connectivity index (χ0) is 14.2. The molecule has 0 N–H and O–H groups in total. The maximum Gasteiger partial charge on any atom is -0.0285 e. The Balaban J connectivity index is 0. The van der Waals surface area contributed by atoms with Gasteiger partial charge in [-0.2, -0.15) is 0 Å². The fourth-order valence-corrected chi connectivity index (χ4v) is 1.41. The summed E-state index contributed by atoms with van der Waals surface area (Å²) in [7, 11) is 0. The van der Waals surface area contributed by atoms with Gasteiger partial charge in [0.05, 0.1) is 0 Å². The van der Waals surface area contributed by atoms with Crippen LogP contribution in [-0.2, 0) is 0 Å². The van der Waals surface area contributed by atoms with Crippen LogP contribution in [0.2, 0.25) is 0 Å². The van der Waals surface area contributed by atoms with Gasteiger partial charge in [0.1, 0.15) is 0 Å². The van der Waals surface area contributed by atoms with Crippen LogP contribution in [-0.4, -0.2) is 0 Å². The maximum absolute atomic E-state index is 3.83. The second-order valence-electron chi connectivity index (χ2n) is 4.64. The van der Waals surface area contributed by atoms with Gasteiger partial charge in [0.2, 0.25) is 0 Å². The highest BCUT2D eigenvalue weighted by atomic mass is 13.9. The number of allylic oxidation sites excluding steroid dienone is 4.